The smallest absolute Gasteiger partial charge is 0.224 e. The van der Waals surface area contributed by atoms with Crippen molar-refractivity contribution in [2.45, 2.75) is 48.3 Å². The van der Waals surface area contributed by atoms with E-state index < -0.39 is 0 Å². The molecule has 5 nitrogen and oxygen atoms in total. The zero-order valence-electron chi connectivity index (χ0n) is 19.0. The first kappa shape index (κ1) is 22.4. The number of aromatic nitrogens is 3. The van der Waals surface area contributed by atoms with Crippen LogP contribution in [0.25, 0.3) is 23.1 Å². The van der Waals surface area contributed by atoms with E-state index in [1.165, 1.54) is 32.1 Å². The van der Waals surface area contributed by atoms with Crippen LogP contribution in [0.2, 0.25) is 0 Å². The van der Waals surface area contributed by atoms with Crippen molar-refractivity contribution < 1.29 is 4.79 Å². The molecule has 1 amide bonds. The number of anilines is 1. The quantitative estimate of drug-likeness (QED) is 0.301. The monoisotopic (exact) mass is 468 g/mol. The first-order valence-corrected chi connectivity index (χ1v) is 12.7. The van der Waals surface area contributed by atoms with Crippen molar-refractivity contribution in [3.8, 4) is 0 Å². The summed E-state index contributed by atoms with van der Waals surface area (Å²) in [6.45, 7) is 0. The number of carbonyl (C=O) groups is 1. The highest BCUT2D eigenvalue weighted by Crippen LogP contribution is 2.32. The number of rotatable bonds is 7. The van der Waals surface area contributed by atoms with Crippen LogP contribution in [0.5, 0.6) is 0 Å². The largest absolute Gasteiger partial charge is 0.326 e. The Morgan fingerprint density at radius 3 is 2.74 bits per heavy atom. The Hall–Kier alpha value is -3.38. The molecule has 2 aromatic heterocycles. The van der Waals surface area contributed by atoms with Crippen LogP contribution in [0.3, 0.4) is 0 Å². The maximum Gasteiger partial charge on any atom is 0.224 e. The number of carbonyl (C=O) groups excluding carboxylic acids is 1. The van der Waals surface area contributed by atoms with Gasteiger partial charge in [0.15, 0.2) is 0 Å². The number of nitrogens with zero attached hydrogens (tertiary/aromatic N) is 2. The van der Waals surface area contributed by atoms with Crippen LogP contribution in [0.15, 0.2) is 76.7 Å². The van der Waals surface area contributed by atoms with Gasteiger partial charge in [0.05, 0.1) is 16.9 Å². The van der Waals surface area contributed by atoms with Gasteiger partial charge in [0.25, 0.3) is 0 Å². The molecule has 0 unspecified atom stereocenters. The Bertz CT molecular complexity index is 1290. The van der Waals surface area contributed by atoms with Gasteiger partial charge in [0, 0.05) is 33.5 Å². The lowest BCUT2D eigenvalue weighted by molar-refractivity contribution is -0.117. The van der Waals surface area contributed by atoms with Gasteiger partial charge in [0.1, 0.15) is 0 Å². The minimum atomic E-state index is 0.124. The van der Waals surface area contributed by atoms with Crippen molar-refractivity contribution in [3.05, 3.63) is 78.2 Å². The number of aromatic amines is 1. The molecular weight excluding hydrogens is 440 g/mol. The summed E-state index contributed by atoms with van der Waals surface area (Å²) in [7, 11) is 0. The first-order valence-electron chi connectivity index (χ1n) is 11.9. The summed E-state index contributed by atoms with van der Waals surface area (Å²) in [6.07, 6.45) is 12.5. The topological polar surface area (TPSA) is 70.7 Å². The van der Waals surface area contributed by atoms with Gasteiger partial charge in [0.2, 0.25) is 5.91 Å². The summed E-state index contributed by atoms with van der Waals surface area (Å²) in [5.74, 6) is 0.662. The molecule has 2 N–H and O–H groups in total. The Labute approximate surface area is 204 Å². The average Bonchev–Trinajstić information content (AvgIpc) is 3.26. The van der Waals surface area contributed by atoms with Crippen LogP contribution in [0.1, 0.15) is 49.9 Å². The van der Waals surface area contributed by atoms with E-state index in [4.69, 9.17) is 0 Å². The molecule has 172 valence electrons. The van der Waals surface area contributed by atoms with Crippen molar-refractivity contribution in [1.29, 1.82) is 0 Å². The predicted octanol–water partition coefficient (Wildman–Crippen LogP) is 7.19. The molecule has 4 aromatic rings. The minimum absolute atomic E-state index is 0.124. The zero-order valence-corrected chi connectivity index (χ0v) is 19.9. The lowest BCUT2D eigenvalue weighted by Gasteiger charge is -2.20. The molecule has 1 saturated carbocycles. The van der Waals surface area contributed by atoms with Gasteiger partial charge in [-0.05, 0) is 79.4 Å². The number of amides is 1. The third-order valence-corrected chi connectivity index (χ3v) is 7.20. The molecule has 0 atom stereocenters. The Kier molecular flexibility index (Phi) is 7.05. The lowest BCUT2D eigenvalue weighted by Crippen LogP contribution is -2.18. The number of nitrogens with one attached hydrogen (secondary N) is 2. The SMILES string of the molecule is O=C(CC1CCCCC1)Nc1cccc(Sc2ccc3c(/C=C/c4ccccn4)n[nH]c3c2)c1. The van der Waals surface area contributed by atoms with Gasteiger partial charge < -0.3 is 5.32 Å². The Morgan fingerprint density at radius 1 is 1.00 bits per heavy atom. The van der Waals surface area contributed by atoms with E-state index >= 15 is 0 Å². The van der Waals surface area contributed by atoms with Crippen LogP contribution in [-0.4, -0.2) is 21.1 Å². The molecule has 0 aliphatic heterocycles. The molecule has 6 heteroatoms. The van der Waals surface area contributed by atoms with Gasteiger partial charge in [-0.2, -0.15) is 5.10 Å². The van der Waals surface area contributed by atoms with Crippen LogP contribution in [0, 0.1) is 5.92 Å². The molecule has 2 aromatic carbocycles. The summed E-state index contributed by atoms with van der Waals surface area (Å²) >= 11 is 1.67. The summed E-state index contributed by atoms with van der Waals surface area (Å²) in [4.78, 5) is 19.0. The van der Waals surface area contributed by atoms with Crippen LogP contribution in [-0.2, 0) is 4.79 Å². The number of H-pyrrole nitrogens is 1. The lowest BCUT2D eigenvalue weighted by atomic mass is 9.87. The van der Waals surface area contributed by atoms with Gasteiger partial charge in [-0.15, -0.1) is 0 Å². The van der Waals surface area contributed by atoms with Crippen molar-refractivity contribution in [2.75, 3.05) is 5.32 Å². The third kappa shape index (κ3) is 5.75. The van der Waals surface area contributed by atoms with Gasteiger partial charge in [-0.3, -0.25) is 14.9 Å². The molecular formula is C28H28N4OS. The molecule has 34 heavy (non-hydrogen) atoms. The highest BCUT2D eigenvalue weighted by Gasteiger charge is 2.17. The van der Waals surface area contributed by atoms with E-state index in [1.807, 2.05) is 48.6 Å². The second-order valence-electron chi connectivity index (χ2n) is 8.79. The molecule has 0 saturated heterocycles. The number of hydrogen-bond acceptors (Lipinski definition) is 4. The van der Waals surface area contributed by atoms with E-state index in [2.05, 4.69) is 44.8 Å². The third-order valence-electron chi connectivity index (χ3n) is 6.22. The van der Waals surface area contributed by atoms with Crippen LogP contribution in [0.4, 0.5) is 5.69 Å². The fourth-order valence-electron chi connectivity index (χ4n) is 4.49. The maximum atomic E-state index is 12.5. The van der Waals surface area contributed by atoms with E-state index in [1.54, 1.807) is 18.0 Å². The fraction of sp³-hybridized carbons (Fsp3) is 0.250. The zero-order chi connectivity index (χ0) is 23.2. The van der Waals surface area contributed by atoms with E-state index in [9.17, 15) is 4.79 Å². The molecule has 0 radical (unpaired) electrons. The van der Waals surface area contributed by atoms with Gasteiger partial charge in [-0.1, -0.05) is 43.2 Å². The van der Waals surface area contributed by atoms with Crippen molar-refractivity contribution in [3.63, 3.8) is 0 Å². The molecule has 1 fully saturated rings. The molecule has 1 aliphatic carbocycles. The maximum absolute atomic E-state index is 12.5. The predicted molar refractivity (Wildman–Crippen MR) is 140 cm³/mol. The second-order valence-corrected chi connectivity index (χ2v) is 9.94. The summed E-state index contributed by atoms with van der Waals surface area (Å²) in [5, 5.41) is 11.8. The number of benzene rings is 2. The van der Waals surface area contributed by atoms with Gasteiger partial charge in [-0.25, -0.2) is 0 Å². The first-order chi connectivity index (χ1) is 16.7. The van der Waals surface area contributed by atoms with E-state index in [0.29, 0.717) is 12.3 Å². The number of hydrogen-bond donors (Lipinski definition) is 2. The van der Waals surface area contributed by atoms with Gasteiger partial charge >= 0.3 is 0 Å². The highest BCUT2D eigenvalue weighted by molar-refractivity contribution is 7.99. The van der Waals surface area contributed by atoms with E-state index in [-0.39, 0.29) is 5.91 Å². The van der Waals surface area contributed by atoms with Crippen molar-refractivity contribution >= 4 is 46.4 Å². The summed E-state index contributed by atoms with van der Waals surface area (Å²) < 4.78 is 0. The standard InChI is InChI=1S/C28H28N4OS/c33-28(17-20-7-2-1-3-8-20)30-22-10-6-11-23(18-22)34-24-13-14-25-26(31-32-27(25)19-24)15-12-21-9-4-5-16-29-21/h4-6,9-16,18-20H,1-3,7-8,17H2,(H,30,33)(H,31,32)/b15-12+. The second kappa shape index (κ2) is 10.7. The normalized spacial score (nSPS) is 14.6. The molecule has 1 aliphatic rings. The number of fused-ring (bicyclic) bond motifs is 1. The minimum Gasteiger partial charge on any atom is -0.326 e. The van der Waals surface area contributed by atoms with Crippen molar-refractivity contribution in [1.82, 2.24) is 15.2 Å². The molecule has 0 spiro atoms. The van der Waals surface area contributed by atoms with E-state index in [0.717, 1.165) is 37.8 Å². The highest BCUT2D eigenvalue weighted by atomic mass is 32.2. The number of pyridine rings is 1. The van der Waals surface area contributed by atoms with Crippen LogP contribution >= 0.6 is 11.8 Å². The van der Waals surface area contributed by atoms with Crippen LogP contribution < -0.4 is 5.32 Å². The molecule has 2 heterocycles. The Morgan fingerprint density at radius 2 is 1.88 bits per heavy atom. The summed E-state index contributed by atoms with van der Waals surface area (Å²) in [6, 6.07) is 20.2. The summed E-state index contributed by atoms with van der Waals surface area (Å²) in [5.41, 5.74) is 3.63. The molecule has 0 bridgehead atoms. The van der Waals surface area contributed by atoms with Crippen molar-refractivity contribution in [2.24, 2.45) is 5.92 Å². The molecule has 5 rings (SSSR count). The fourth-order valence-corrected chi connectivity index (χ4v) is 5.41. The Balaban J connectivity index is 1.24. The average molecular weight is 469 g/mol.